The van der Waals surface area contributed by atoms with Crippen molar-refractivity contribution in [3.8, 4) is 0 Å². The van der Waals surface area contributed by atoms with Gasteiger partial charge in [0.2, 0.25) is 5.91 Å². The summed E-state index contributed by atoms with van der Waals surface area (Å²) < 4.78 is 0. The number of carbonyl (C=O) groups excluding carboxylic acids is 1. The molecular weight excluding hydrogens is 244 g/mol. The van der Waals surface area contributed by atoms with E-state index in [9.17, 15) is 4.79 Å². The lowest BCUT2D eigenvalue weighted by atomic mass is 9.94. The van der Waals surface area contributed by atoms with Crippen LogP contribution in [-0.4, -0.2) is 38.0 Å². The number of hydrogen-bond donors (Lipinski definition) is 1. The highest BCUT2D eigenvalue weighted by Gasteiger charge is 2.24. The van der Waals surface area contributed by atoms with Crippen molar-refractivity contribution in [2.75, 3.05) is 27.2 Å². The Morgan fingerprint density at radius 1 is 1.50 bits per heavy atom. The second kappa shape index (κ2) is 7.54. The molecule has 0 aromatic carbocycles. The van der Waals surface area contributed by atoms with Crippen molar-refractivity contribution in [2.24, 2.45) is 11.8 Å². The lowest BCUT2D eigenvalue weighted by Crippen LogP contribution is -2.40. The Morgan fingerprint density at radius 2 is 2.22 bits per heavy atom. The molecule has 1 aromatic rings. The van der Waals surface area contributed by atoms with Crippen LogP contribution in [0.1, 0.15) is 18.7 Å². The summed E-state index contributed by atoms with van der Waals surface area (Å²) in [7, 11) is 3.80. The molecule has 0 spiro atoms. The van der Waals surface area contributed by atoms with Gasteiger partial charge in [-0.05, 0) is 30.8 Å². The number of rotatable bonds is 7. The van der Waals surface area contributed by atoms with Crippen molar-refractivity contribution in [3.05, 3.63) is 22.4 Å². The van der Waals surface area contributed by atoms with Crippen LogP contribution in [-0.2, 0) is 11.2 Å². The molecule has 1 heterocycles. The Morgan fingerprint density at radius 3 is 2.72 bits per heavy atom. The quantitative estimate of drug-likeness (QED) is 0.822. The summed E-state index contributed by atoms with van der Waals surface area (Å²) >= 11 is 1.75. The molecule has 0 bridgehead atoms. The second-order valence-corrected chi connectivity index (χ2v) is 6.03. The van der Waals surface area contributed by atoms with Gasteiger partial charge >= 0.3 is 0 Å². The van der Waals surface area contributed by atoms with E-state index in [4.69, 9.17) is 0 Å². The molecule has 0 saturated carbocycles. The maximum Gasteiger partial charge on any atom is 0.226 e. The lowest BCUT2D eigenvalue weighted by molar-refractivity contribution is -0.135. The summed E-state index contributed by atoms with van der Waals surface area (Å²) in [6.45, 7) is 5.76. The van der Waals surface area contributed by atoms with Gasteiger partial charge in [-0.2, -0.15) is 0 Å². The Bertz CT molecular complexity index is 349. The average molecular weight is 268 g/mol. The molecule has 0 radical (unpaired) electrons. The summed E-state index contributed by atoms with van der Waals surface area (Å²) in [5.41, 5.74) is 0. The van der Waals surface area contributed by atoms with Gasteiger partial charge in [-0.1, -0.05) is 19.9 Å². The molecule has 3 nitrogen and oxygen atoms in total. The number of hydrogen-bond acceptors (Lipinski definition) is 3. The first-order valence-electron chi connectivity index (χ1n) is 6.48. The van der Waals surface area contributed by atoms with Gasteiger partial charge < -0.3 is 10.2 Å². The van der Waals surface area contributed by atoms with Gasteiger partial charge in [0.05, 0.1) is 5.92 Å². The predicted molar refractivity (Wildman–Crippen MR) is 77.9 cm³/mol. The third-order valence-electron chi connectivity index (χ3n) is 3.20. The number of carbonyl (C=O) groups is 1. The smallest absolute Gasteiger partial charge is 0.226 e. The highest BCUT2D eigenvalue weighted by atomic mass is 32.1. The average Bonchev–Trinajstić information content (AvgIpc) is 2.84. The highest BCUT2D eigenvalue weighted by molar-refractivity contribution is 7.09. The third kappa shape index (κ3) is 4.42. The zero-order valence-corrected chi connectivity index (χ0v) is 12.6. The van der Waals surface area contributed by atoms with Gasteiger partial charge in [0.25, 0.3) is 0 Å². The van der Waals surface area contributed by atoms with Crippen LogP contribution in [0, 0.1) is 11.8 Å². The SMILES string of the molecule is CNCC(C(=O)N(C)CCc1cccs1)C(C)C. The van der Waals surface area contributed by atoms with E-state index in [-0.39, 0.29) is 11.8 Å². The van der Waals surface area contributed by atoms with E-state index < -0.39 is 0 Å². The van der Waals surface area contributed by atoms with Crippen molar-refractivity contribution in [1.82, 2.24) is 10.2 Å². The van der Waals surface area contributed by atoms with Gasteiger partial charge in [-0.25, -0.2) is 0 Å². The number of amides is 1. The summed E-state index contributed by atoms with van der Waals surface area (Å²) in [6, 6.07) is 4.18. The normalized spacial score (nSPS) is 12.7. The maximum absolute atomic E-state index is 12.3. The summed E-state index contributed by atoms with van der Waals surface area (Å²) in [5, 5.41) is 5.19. The first-order valence-corrected chi connectivity index (χ1v) is 7.36. The largest absolute Gasteiger partial charge is 0.345 e. The van der Waals surface area contributed by atoms with Gasteiger partial charge in [0, 0.05) is 25.0 Å². The van der Waals surface area contributed by atoms with E-state index in [0.29, 0.717) is 5.92 Å². The molecule has 4 heteroatoms. The van der Waals surface area contributed by atoms with Crippen molar-refractivity contribution in [2.45, 2.75) is 20.3 Å². The molecule has 0 fully saturated rings. The van der Waals surface area contributed by atoms with Crippen molar-refractivity contribution < 1.29 is 4.79 Å². The van der Waals surface area contributed by atoms with Crippen molar-refractivity contribution >= 4 is 17.2 Å². The van der Waals surface area contributed by atoms with Gasteiger partial charge in [0.1, 0.15) is 0 Å². The highest BCUT2D eigenvalue weighted by Crippen LogP contribution is 2.14. The van der Waals surface area contributed by atoms with Crippen LogP contribution in [0.3, 0.4) is 0 Å². The molecule has 0 aliphatic heterocycles. The second-order valence-electron chi connectivity index (χ2n) is 5.00. The molecule has 1 unspecified atom stereocenters. The fourth-order valence-corrected chi connectivity index (χ4v) is 2.65. The number of likely N-dealkylation sites (N-methyl/N-ethyl adjacent to an activating group) is 1. The summed E-state index contributed by atoms with van der Waals surface area (Å²) in [4.78, 5) is 15.5. The lowest BCUT2D eigenvalue weighted by Gasteiger charge is -2.26. The van der Waals surface area contributed by atoms with E-state index in [2.05, 4.69) is 36.7 Å². The fraction of sp³-hybridized carbons (Fsp3) is 0.643. The Balaban J connectivity index is 2.48. The van der Waals surface area contributed by atoms with Crippen LogP contribution >= 0.6 is 11.3 Å². The van der Waals surface area contributed by atoms with E-state index in [1.165, 1.54) is 4.88 Å². The first-order chi connectivity index (χ1) is 8.56. The topological polar surface area (TPSA) is 32.3 Å². The van der Waals surface area contributed by atoms with Gasteiger partial charge in [-0.3, -0.25) is 4.79 Å². The number of thiophene rings is 1. The van der Waals surface area contributed by atoms with Crippen LogP contribution in [0.15, 0.2) is 17.5 Å². The molecular formula is C14H24N2OS. The molecule has 1 N–H and O–H groups in total. The van der Waals surface area contributed by atoms with Gasteiger partial charge in [0.15, 0.2) is 0 Å². The van der Waals surface area contributed by atoms with E-state index in [1.807, 2.05) is 19.0 Å². The number of nitrogens with zero attached hydrogens (tertiary/aromatic N) is 1. The van der Waals surface area contributed by atoms with E-state index in [0.717, 1.165) is 19.5 Å². The van der Waals surface area contributed by atoms with Crippen LogP contribution in [0.4, 0.5) is 0 Å². The molecule has 1 atom stereocenters. The molecule has 102 valence electrons. The molecule has 0 aliphatic carbocycles. The number of nitrogens with one attached hydrogen (secondary N) is 1. The molecule has 1 rings (SSSR count). The molecule has 1 amide bonds. The van der Waals surface area contributed by atoms with Crippen LogP contribution in [0.25, 0.3) is 0 Å². The van der Waals surface area contributed by atoms with Gasteiger partial charge in [-0.15, -0.1) is 11.3 Å². The molecule has 0 saturated heterocycles. The van der Waals surface area contributed by atoms with Crippen molar-refractivity contribution in [1.29, 1.82) is 0 Å². The van der Waals surface area contributed by atoms with Crippen molar-refractivity contribution in [3.63, 3.8) is 0 Å². The van der Waals surface area contributed by atoms with E-state index in [1.54, 1.807) is 11.3 Å². The molecule has 1 aromatic heterocycles. The minimum Gasteiger partial charge on any atom is -0.345 e. The zero-order valence-electron chi connectivity index (χ0n) is 11.8. The minimum atomic E-state index is 0.0725. The molecule has 0 aliphatic rings. The van der Waals surface area contributed by atoms with Crippen LogP contribution in [0.5, 0.6) is 0 Å². The first kappa shape index (κ1) is 15.2. The zero-order chi connectivity index (χ0) is 13.5. The maximum atomic E-state index is 12.3. The minimum absolute atomic E-state index is 0.0725. The van der Waals surface area contributed by atoms with E-state index >= 15 is 0 Å². The third-order valence-corrected chi connectivity index (χ3v) is 4.13. The summed E-state index contributed by atoms with van der Waals surface area (Å²) in [5.74, 6) is 0.688. The standard InChI is InChI=1S/C14H24N2OS/c1-11(2)13(10-15-3)14(17)16(4)8-7-12-6-5-9-18-12/h5-6,9,11,13,15H,7-8,10H2,1-4H3. The summed E-state index contributed by atoms with van der Waals surface area (Å²) in [6.07, 6.45) is 0.949. The Labute approximate surface area is 114 Å². The Hall–Kier alpha value is -0.870. The fourth-order valence-electron chi connectivity index (χ4n) is 1.95. The van der Waals surface area contributed by atoms with Crippen LogP contribution < -0.4 is 5.32 Å². The monoisotopic (exact) mass is 268 g/mol. The van der Waals surface area contributed by atoms with Crippen LogP contribution in [0.2, 0.25) is 0 Å². The predicted octanol–water partition coefficient (Wildman–Crippen LogP) is 2.24. The Kier molecular flexibility index (Phi) is 6.36. The molecule has 18 heavy (non-hydrogen) atoms.